The van der Waals surface area contributed by atoms with Crippen LogP contribution in [0, 0.1) is 0 Å². The van der Waals surface area contributed by atoms with Gasteiger partial charge in [-0.25, -0.2) is 0 Å². The maximum absolute atomic E-state index is 5.95. The van der Waals surface area contributed by atoms with Gasteiger partial charge in [-0.15, -0.1) is 0 Å². The molecule has 0 spiro atoms. The zero-order valence-electron chi connectivity index (χ0n) is 9.62. The van der Waals surface area contributed by atoms with Gasteiger partial charge in [0.1, 0.15) is 0 Å². The van der Waals surface area contributed by atoms with E-state index in [0.717, 1.165) is 23.5 Å². The van der Waals surface area contributed by atoms with Gasteiger partial charge in [0, 0.05) is 6.04 Å². The third kappa shape index (κ3) is 2.86. The van der Waals surface area contributed by atoms with Gasteiger partial charge in [-0.1, -0.05) is 13.0 Å². The van der Waals surface area contributed by atoms with E-state index < -0.39 is 0 Å². The fourth-order valence-electron chi connectivity index (χ4n) is 1.43. The van der Waals surface area contributed by atoms with Gasteiger partial charge in [0.25, 0.3) is 0 Å². The van der Waals surface area contributed by atoms with Gasteiger partial charge >= 0.3 is 0 Å². The van der Waals surface area contributed by atoms with Gasteiger partial charge in [0.15, 0.2) is 11.5 Å². The molecule has 0 aliphatic heterocycles. The van der Waals surface area contributed by atoms with Crippen LogP contribution in [-0.4, -0.2) is 13.7 Å². The normalized spacial score (nSPS) is 12.3. The molecule has 3 heteroatoms. The molecule has 0 unspecified atom stereocenters. The topological polar surface area (TPSA) is 44.5 Å². The van der Waals surface area contributed by atoms with Crippen LogP contribution in [0.2, 0.25) is 0 Å². The molecule has 2 N–H and O–H groups in total. The highest BCUT2D eigenvalue weighted by Gasteiger charge is 2.08. The maximum Gasteiger partial charge on any atom is 0.161 e. The van der Waals surface area contributed by atoms with Crippen LogP contribution in [0.3, 0.4) is 0 Å². The van der Waals surface area contributed by atoms with Gasteiger partial charge in [-0.05, 0) is 31.0 Å². The SMILES string of the molecule is CCOc1ccc([C@@H](N)CC)cc1OC. The van der Waals surface area contributed by atoms with E-state index in [-0.39, 0.29) is 6.04 Å². The van der Waals surface area contributed by atoms with E-state index in [9.17, 15) is 0 Å². The van der Waals surface area contributed by atoms with Crippen LogP contribution in [0.5, 0.6) is 11.5 Å². The average Bonchev–Trinajstić information content (AvgIpc) is 2.29. The Morgan fingerprint density at radius 3 is 2.53 bits per heavy atom. The lowest BCUT2D eigenvalue weighted by atomic mass is 10.1. The van der Waals surface area contributed by atoms with Crippen molar-refractivity contribution in [1.82, 2.24) is 0 Å². The maximum atomic E-state index is 5.95. The predicted octanol–water partition coefficient (Wildman–Crippen LogP) is 2.50. The van der Waals surface area contributed by atoms with Crippen LogP contribution in [0.1, 0.15) is 31.9 Å². The fraction of sp³-hybridized carbons (Fsp3) is 0.500. The predicted molar refractivity (Wildman–Crippen MR) is 61.4 cm³/mol. The summed E-state index contributed by atoms with van der Waals surface area (Å²) in [6, 6.07) is 5.91. The molecule has 0 saturated heterocycles. The van der Waals surface area contributed by atoms with Crippen LogP contribution in [0.25, 0.3) is 0 Å². The lowest BCUT2D eigenvalue weighted by Crippen LogP contribution is -2.08. The second-order valence-electron chi connectivity index (χ2n) is 3.36. The number of methoxy groups -OCH3 is 1. The molecule has 0 fully saturated rings. The highest BCUT2D eigenvalue weighted by Crippen LogP contribution is 2.30. The molecule has 0 saturated carbocycles. The first-order chi connectivity index (χ1) is 7.22. The Labute approximate surface area is 91.2 Å². The number of rotatable bonds is 5. The molecular weight excluding hydrogens is 190 g/mol. The highest BCUT2D eigenvalue weighted by atomic mass is 16.5. The minimum Gasteiger partial charge on any atom is -0.493 e. The summed E-state index contributed by atoms with van der Waals surface area (Å²) in [6.07, 6.45) is 0.914. The van der Waals surface area contributed by atoms with Crippen LogP contribution in [-0.2, 0) is 0 Å². The molecule has 0 radical (unpaired) electrons. The third-order valence-corrected chi connectivity index (χ3v) is 2.36. The van der Waals surface area contributed by atoms with Crippen molar-refractivity contribution in [3.05, 3.63) is 23.8 Å². The van der Waals surface area contributed by atoms with Crippen LogP contribution < -0.4 is 15.2 Å². The zero-order valence-corrected chi connectivity index (χ0v) is 9.62. The second kappa shape index (κ2) is 5.61. The van der Waals surface area contributed by atoms with Crippen molar-refractivity contribution in [2.75, 3.05) is 13.7 Å². The first-order valence-corrected chi connectivity index (χ1v) is 5.29. The van der Waals surface area contributed by atoms with Gasteiger partial charge in [-0.2, -0.15) is 0 Å². The van der Waals surface area contributed by atoms with Crippen LogP contribution in [0.4, 0.5) is 0 Å². The second-order valence-corrected chi connectivity index (χ2v) is 3.36. The van der Waals surface area contributed by atoms with E-state index in [4.69, 9.17) is 15.2 Å². The Kier molecular flexibility index (Phi) is 4.43. The molecule has 15 heavy (non-hydrogen) atoms. The standard InChI is InChI=1S/C12H19NO2/c1-4-10(13)9-6-7-11(15-5-2)12(8-9)14-3/h6-8,10H,4-5,13H2,1-3H3/t10-/m0/s1. The summed E-state index contributed by atoms with van der Waals surface area (Å²) in [7, 11) is 1.64. The summed E-state index contributed by atoms with van der Waals surface area (Å²) in [6.45, 7) is 4.65. The van der Waals surface area contributed by atoms with Crippen molar-refractivity contribution in [3.8, 4) is 11.5 Å². The van der Waals surface area contributed by atoms with E-state index >= 15 is 0 Å². The minimum absolute atomic E-state index is 0.0644. The van der Waals surface area contributed by atoms with E-state index in [0.29, 0.717) is 6.61 Å². The van der Waals surface area contributed by atoms with Gasteiger partial charge in [-0.3, -0.25) is 0 Å². The summed E-state index contributed by atoms with van der Waals surface area (Å²) >= 11 is 0. The molecule has 84 valence electrons. The van der Waals surface area contributed by atoms with E-state index in [2.05, 4.69) is 6.92 Å². The van der Waals surface area contributed by atoms with E-state index in [1.165, 1.54) is 0 Å². The number of hydrogen-bond acceptors (Lipinski definition) is 3. The first kappa shape index (κ1) is 11.9. The Morgan fingerprint density at radius 2 is 2.00 bits per heavy atom. The molecule has 0 bridgehead atoms. The Morgan fingerprint density at radius 1 is 1.27 bits per heavy atom. The minimum atomic E-state index is 0.0644. The molecule has 0 aliphatic rings. The van der Waals surface area contributed by atoms with Crippen molar-refractivity contribution < 1.29 is 9.47 Å². The van der Waals surface area contributed by atoms with Crippen molar-refractivity contribution in [2.45, 2.75) is 26.3 Å². The molecule has 0 amide bonds. The lowest BCUT2D eigenvalue weighted by molar-refractivity contribution is 0.310. The van der Waals surface area contributed by atoms with Crippen molar-refractivity contribution in [2.24, 2.45) is 5.73 Å². The zero-order chi connectivity index (χ0) is 11.3. The molecule has 1 atom stereocenters. The number of nitrogens with two attached hydrogens (primary N) is 1. The molecule has 1 rings (SSSR count). The summed E-state index contributed by atoms with van der Waals surface area (Å²) in [5, 5.41) is 0. The average molecular weight is 209 g/mol. The first-order valence-electron chi connectivity index (χ1n) is 5.29. The van der Waals surface area contributed by atoms with E-state index in [1.54, 1.807) is 7.11 Å². The fourth-order valence-corrected chi connectivity index (χ4v) is 1.43. The molecule has 0 heterocycles. The summed E-state index contributed by atoms with van der Waals surface area (Å²) < 4.78 is 10.7. The van der Waals surface area contributed by atoms with Crippen molar-refractivity contribution >= 4 is 0 Å². The smallest absolute Gasteiger partial charge is 0.161 e. The summed E-state index contributed by atoms with van der Waals surface area (Å²) in [5.74, 6) is 1.52. The Balaban J connectivity index is 2.96. The van der Waals surface area contributed by atoms with Gasteiger partial charge in [0.2, 0.25) is 0 Å². The Hall–Kier alpha value is -1.22. The summed E-state index contributed by atoms with van der Waals surface area (Å²) in [4.78, 5) is 0. The Bertz CT molecular complexity index is 312. The monoisotopic (exact) mass is 209 g/mol. The van der Waals surface area contributed by atoms with Crippen molar-refractivity contribution in [1.29, 1.82) is 0 Å². The molecular formula is C12H19NO2. The number of ether oxygens (including phenoxy) is 2. The lowest BCUT2D eigenvalue weighted by Gasteiger charge is -2.14. The van der Waals surface area contributed by atoms with Crippen LogP contribution in [0.15, 0.2) is 18.2 Å². The molecule has 1 aromatic carbocycles. The number of benzene rings is 1. The molecule has 0 aromatic heterocycles. The quantitative estimate of drug-likeness (QED) is 0.810. The molecule has 1 aromatic rings. The van der Waals surface area contributed by atoms with Crippen molar-refractivity contribution in [3.63, 3.8) is 0 Å². The summed E-state index contributed by atoms with van der Waals surface area (Å²) in [5.41, 5.74) is 7.03. The molecule has 3 nitrogen and oxygen atoms in total. The highest BCUT2D eigenvalue weighted by molar-refractivity contribution is 5.43. The third-order valence-electron chi connectivity index (χ3n) is 2.36. The number of hydrogen-bond donors (Lipinski definition) is 1. The van der Waals surface area contributed by atoms with Crippen LogP contribution >= 0.6 is 0 Å². The molecule has 0 aliphatic carbocycles. The van der Waals surface area contributed by atoms with Gasteiger partial charge < -0.3 is 15.2 Å². The van der Waals surface area contributed by atoms with E-state index in [1.807, 2.05) is 25.1 Å². The van der Waals surface area contributed by atoms with Gasteiger partial charge in [0.05, 0.1) is 13.7 Å². The largest absolute Gasteiger partial charge is 0.493 e.